The first-order valence-corrected chi connectivity index (χ1v) is 5.73. The van der Waals surface area contributed by atoms with Gasteiger partial charge in [0.2, 0.25) is 0 Å². The van der Waals surface area contributed by atoms with Gasteiger partial charge in [0.1, 0.15) is 17.7 Å². The first kappa shape index (κ1) is 12.5. The Kier molecular flexibility index (Phi) is 5.05. The van der Waals surface area contributed by atoms with Crippen LogP contribution in [0.4, 0.5) is 4.39 Å². The molecule has 0 spiro atoms. The molecule has 0 aliphatic carbocycles. The minimum atomic E-state index is -0.268. The van der Waals surface area contributed by atoms with Gasteiger partial charge in [-0.25, -0.2) is 4.39 Å². The maximum Gasteiger partial charge on any atom is 0.134 e. The molecule has 1 unspecified atom stereocenters. The van der Waals surface area contributed by atoms with E-state index in [0.29, 0.717) is 10.2 Å². The van der Waals surface area contributed by atoms with E-state index in [4.69, 9.17) is 4.74 Å². The number of halogens is 2. The van der Waals surface area contributed by atoms with Crippen molar-refractivity contribution in [2.75, 3.05) is 13.6 Å². The molecule has 1 aromatic rings. The smallest absolute Gasteiger partial charge is 0.134 e. The topological polar surface area (TPSA) is 21.3 Å². The summed E-state index contributed by atoms with van der Waals surface area (Å²) in [5.41, 5.74) is 0. The molecule has 15 heavy (non-hydrogen) atoms. The highest BCUT2D eigenvalue weighted by molar-refractivity contribution is 9.10. The fraction of sp³-hybridized carbons (Fsp3) is 0.455. The van der Waals surface area contributed by atoms with Crippen LogP contribution in [0.5, 0.6) is 5.75 Å². The Morgan fingerprint density at radius 2 is 2.27 bits per heavy atom. The van der Waals surface area contributed by atoms with Gasteiger partial charge in [-0.1, -0.05) is 6.92 Å². The predicted octanol–water partition coefficient (Wildman–Crippen LogP) is 2.97. The van der Waals surface area contributed by atoms with E-state index in [1.165, 1.54) is 12.1 Å². The maximum absolute atomic E-state index is 12.8. The summed E-state index contributed by atoms with van der Waals surface area (Å²) in [6, 6.07) is 4.44. The molecule has 1 rings (SSSR count). The van der Waals surface area contributed by atoms with Crippen LogP contribution in [0.15, 0.2) is 22.7 Å². The van der Waals surface area contributed by atoms with Gasteiger partial charge in [0.05, 0.1) is 4.47 Å². The highest BCUT2D eigenvalue weighted by atomic mass is 79.9. The van der Waals surface area contributed by atoms with Crippen molar-refractivity contribution >= 4 is 15.9 Å². The van der Waals surface area contributed by atoms with Crippen LogP contribution in [-0.4, -0.2) is 19.7 Å². The number of nitrogens with one attached hydrogen (secondary N) is 1. The standard InChI is InChI=1S/C11H15BrFNO/c1-3-9(7-14-2)15-11-5-4-8(13)6-10(11)12/h4-6,9,14H,3,7H2,1-2H3. The molecule has 0 radical (unpaired) electrons. The van der Waals surface area contributed by atoms with Crippen molar-refractivity contribution in [3.05, 3.63) is 28.5 Å². The number of rotatable bonds is 5. The quantitative estimate of drug-likeness (QED) is 0.892. The Bertz CT molecular complexity index is 319. The van der Waals surface area contributed by atoms with Gasteiger partial charge in [-0.05, 0) is 47.6 Å². The molecule has 1 N–H and O–H groups in total. The van der Waals surface area contributed by atoms with Crippen molar-refractivity contribution in [2.24, 2.45) is 0 Å². The molecule has 2 nitrogen and oxygen atoms in total. The Hall–Kier alpha value is -0.610. The Balaban J connectivity index is 2.70. The van der Waals surface area contributed by atoms with Crippen molar-refractivity contribution in [3.63, 3.8) is 0 Å². The van der Waals surface area contributed by atoms with Gasteiger partial charge in [-0.2, -0.15) is 0 Å². The summed E-state index contributed by atoms with van der Waals surface area (Å²) in [6.45, 7) is 2.83. The van der Waals surface area contributed by atoms with Crippen LogP contribution in [0.1, 0.15) is 13.3 Å². The van der Waals surface area contributed by atoms with E-state index in [1.807, 2.05) is 7.05 Å². The first-order chi connectivity index (χ1) is 7.17. The van der Waals surface area contributed by atoms with Gasteiger partial charge in [0.15, 0.2) is 0 Å². The molecule has 1 atom stereocenters. The fourth-order valence-electron chi connectivity index (χ4n) is 1.25. The van der Waals surface area contributed by atoms with Crippen molar-refractivity contribution in [1.29, 1.82) is 0 Å². The zero-order chi connectivity index (χ0) is 11.3. The number of hydrogen-bond acceptors (Lipinski definition) is 2. The van der Waals surface area contributed by atoms with Crippen LogP contribution in [0, 0.1) is 5.82 Å². The van der Waals surface area contributed by atoms with Crippen LogP contribution in [-0.2, 0) is 0 Å². The minimum absolute atomic E-state index is 0.108. The summed E-state index contributed by atoms with van der Waals surface area (Å²) < 4.78 is 19.2. The average Bonchev–Trinajstić information content (AvgIpc) is 2.21. The van der Waals surface area contributed by atoms with E-state index in [2.05, 4.69) is 28.2 Å². The first-order valence-electron chi connectivity index (χ1n) is 4.93. The summed E-state index contributed by atoms with van der Waals surface area (Å²) in [6.07, 6.45) is 1.02. The minimum Gasteiger partial charge on any atom is -0.488 e. The third-order valence-corrected chi connectivity index (χ3v) is 2.69. The average molecular weight is 276 g/mol. The maximum atomic E-state index is 12.8. The molecule has 0 amide bonds. The molecule has 0 fully saturated rings. The highest BCUT2D eigenvalue weighted by Gasteiger charge is 2.09. The van der Waals surface area contributed by atoms with Crippen molar-refractivity contribution in [1.82, 2.24) is 5.32 Å². The van der Waals surface area contributed by atoms with Crippen molar-refractivity contribution < 1.29 is 9.13 Å². The molecular formula is C11H15BrFNO. The monoisotopic (exact) mass is 275 g/mol. The van der Waals surface area contributed by atoms with Gasteiger partial charge in [0, 0.05) is 6.54 Å². The predicted molar refractivity (Wildman–Crippen MR) is 62.7 cm³/mol. The summed E-state index contributed by atoms with van der Waals surface area (Å²) in [5, 5.41) is 3.06. The Morgan fingerprint density at radius 1 is 1.53 bits per heavy atom. The molecule has 0 bridgehead atoms. The number of ether oxygens (including phenoxy) is 1. The molecule has 1 aromatic carbocycles. The van der Waals surface area contributed by atoms with E-state index >= 15 is 0 Å². The van der Waals surface area contributed by atoms with Crippen molar-refractivity contribution in [3.8, 4) is 5.75 Å². The Labute approximate surface area is 98.0 Å². The normalized spacial score (nSPS) is 12.5. The second-order valence-corrected chi connectivity index (χ2v) is 4.13. The second-order valence-electron chi connectivity index (χ2n) is 3.28. The molecule has 0 aromatic heterocycles. The Morgan fingerprint density at radius 3 is 2.80 bits per heavy atom. The third kappa shape index (κ3) is 3.80. The molecular weight excluding hydrogens is 261 g/mol. The lowest BCUT2D eigenvalue weighted by atomic mass is 10.2. The van der Waals surface area contributed by atoms with Gasteiger partial charge in [-0.15, -0.1) is 0 Å². The molecule has 0 aliphatic heterocycles. The molecule has 0 saturated carbocycles. The lowest BCUT2D eigenvalue weighted by Crippen LogP contribution is -2.28. The lowest BCUT2D eigenvalue weighted by Gasteiger charge is -2.18. The van der Waals surface area contributed by atoms with Gasteiger partial charge in [0.25, 0.3) is 0 Å². The van der Waals surface area contributed by atoms with E-state index < -0.39 is 0 Å². The van der Waals surface area contributed by atoms with E-state index in [9.17, 15) is 4.39 Å². The van der Waals surface area contributed by atoms with Crippen LogP contribution >= 0.6 is 15.9 Å². The largest absolute Gasteiger partial charge is 0.488 e. The van der Waals surface area contributed by atoms with Gasteiger partial charge >= 0.3 is 0 Å². The van der Waals surface area contributed by atoms with Crippen LogP contribution < -0.4 is 10.1 Å². The van der Waals surface area contributed by atoms with E-state index in [0.717, 1.165) is 13.0 Å². The fourth-order valence-corrected chi connectivity index (χ4v) is 1.69. The summed E-state index contributed by atoms with van der Waals surface area (Å²) in [7, 11) is 1.88. The lowest BCUT2D eigenvalue weighted by molar-refractivity contribution is 0.195. The van der Waals surface area contributed by atoms with Crippen molar-refractivity contribution in [2.45, 2.75) is 19.4 Å². The highest BCUT2D eigenvalue weighted by Crippen LogP contribution is 2.26. The van der Waals surface area contributed by atoms with Crippen LogP contribution in [0.3, 0.4) is 0 Å². The zero-order valence-corrected chi connectivity index (χ0v) is 10.5. The SMILES string of the molecule is CCC(CNC)Oc1ccc(F)cc1Br. The van der Waals surface area contributed by atoms with E-state index in [-0.39, 0.29) is 11.9 Å². The van der Waals surface area contributed by atoms with Gasteiger partial charge in [-0.3, -0.25) is 0 Å². The summed E-state index contributed by atoms with van der Waals surface area (Å²) >= 11 is 3.27. The molecule has 4 heteroatoms. The number of likely N-dealkylation sites (N-methyl/N-ethyl adjacent to an activating group) is 1. The van der Waals surface area contributed by atoms with Crippen LogP contribution in [0.25, 0.3) is 0 Å². The number of hydrogen-bond donors (Lipinski definition) is 1. The molecule has 84 valence electrons. The van der Waals surface area contributed by atoms with Crippen LogP contribution in [0.2, 0.25) is 0 Å². The summed E-state index contributed by atoms with van der Waals surface area (Å²) in [5.74, 6) is 0.411. The zero-order valence-electron chi connectivity index (χ0n) is 8.89. The third-order valence-electron chi connectivity index (χ3n) is 2.07. The summed E-state index contributed by atoms with van der Waals surface area (Å²) in [4.78, 5) is 0. The molecule has 0 aliphatic rings. The van der Waals surface area contributed by atoms with E-state index in [1.54, 1.807) is 6.07 Å². The molecule has 0 heterocycles. The number of benzene rings is 1. The second kappa shape index (κ2) is 6.08. The van der Waals surface area contributed by atoms with Gasteiger partial charge < -0.3 is 10.1 Å². The molecule has 0 saturated heterocycles.